The molecule has 0 spiro atoms. The van der Waals surface area contributed by atoms with Gasteiger partial charge in [-0.2, -0.15) is 10.5 Å². The third kappa shape index (κ3) is 2.10. The molecule has 1 aliphatic carbocycles. The van der Waals surface area contributed by atoms with Crippen LogP contribution in [-0.4, -0.2) is 44.0 Å². The molecule has 1 saturated carbocycles. The van der Waals surface area contributed by atoms with Gasteiger partial charge in [-0.25, -0.2) is 0 Å². The molecule has 0 aromatic carbocycles. The van der Waals surface area contributed by atoms with Gasteiger partial charge in [0, 0.05) is 12.6 Å². The van der Waals surface area contributed by atoms with Crippen molar-refractivity contribution in [2.75, 3.05) is 6.54 Å². The average Bonchev–Trinajstić information content (AvgIpc) is 2.94. The van der Waals surface area contributed by atoms with Crippen LogP contribution < -0.4 is 0 Å². The van der Waals surface area contributed by atoms with Crippen molar-refractivity contribution in [3.8, 4) is 6.07 Å². The SMILES string of the molecule is N#CCCN(C(=O)c1nn[nH]n1)C1CC1. The summed E-state index contributed by atoms with van der Waals surface area (Å²) in [6.45, 7) is 0.439. The maximum Gasteiger partial charge on any atom is 0.295 e. The molecular formula is C8H10N6O. The van der Waals surface area contributed by atoms with E-state index in [4.69, 9.17) is 5.26 Å². The van der Waals surface area contributed by atoms with Crippen molar-refractivity contribution in [3.63, 3.8) is 0 Å². The highest BCUT2D eigenvalue weighted by Crippen LogP contribution is 2.27. The number of carbonyl (C=O) groups excluding carboxylic acids is 1. The van der Waals surface area contributed by atoms with E-state index in [2.05, 4.69) is 20.6 Å². The van der Waals surface area contributed by atoms with E-state index in [1.165, 1.54) is 0 Å². The molecule has 7 heteroatoms. The molecule has 0 unspecified atom stereocenters. The first-order valence-electron chi connectivity index (χ1n) is 4.74. The topological polar surface area (TPSA) is 98.6 Å². The Balaban J connectivity index is 2.04. The van der Waals surface area contributed by atoms with Crippen LogP contribution in [0.4, 0.5) is 0 Å². The van der Waals surface area contributed by atoms with Gasteiger partial charge in [-0.05, 0) is 18.1 Å². The molecule has 7 nitrogen and oxygen atoms in total. The second-order valence-electron chi connectivity index (χ2n) is 3.37. The van der Waals surface area contributed by atoms with E-state index < -0.39 is 0 Å². The number of amides is 1. The van der Waals surface area contributed by atoms with Crippen LogP contribution >= 0.6 is 0 Å². The summed E-state index contributed by atoms with van der Waals surface area (Å²) in [5.41, 5.74) is 0. The average molecular weight is 206 g/mol. The Morgan fingerprint density at radius 2 is 2.47 bits per heavy atom. The number of nitriles is 1. The summed E-state index contributed by atoms with van der Waals surface area (Å²) < 4.78 is 0. The summed E-state index contributed by atoms with van der Waals surface area (Å²) >= 11 is 0. The molecule has 1 aromatic rings. The molecule has 2 rings (SSSR count). The highest BCUT2D eigenvalue weighted by atomic mass is 16.2. The summed E-state index contributed by atoms with van der Waals surface area (Å²) in [5.74, 6) is -0.179. The minimum Gasteiger partial charge on any atom is -0.332 e. The molecule has 1 fully saturated rings. The van der Waals surface area contributed by atoms with Crippen LogP contribution in [0, 0.1) is 11.3 Å². The van der Waals surface area contributed by atoms with Crippen LogP contribution in [0.1, 0.15) is 29.9 Å². The fourth-order valence-electron chi connectivity index (χ4n) is 1.39. The Hall–Kier alpha value is -1.97. The normalized spacial score (nSPS) is 14.6. The summed E-state index contributed by atoms with van der Waals surface area (Å²) in [4.78, 5) is 13.5. The van der Waals surface area contributed by atoms with Crippen molar-refractivity contribution in [1.29, 1.82) is 5.26 Å². The molecule has 15 heavy (non-hydrogen) atoms. The zero-order chi connectivity index (χ0) is 10.7. The minimum absolute atomic E-state index is 0.0693. The summed E-state index contributed by atoms with van der Waals surface area (Å²) in [7, 11) is 0. The van der Waals surface area contributed by atoms with E-state index >= 15 is 0 Å². The van der Waals surface area contributed by atoms with Gasteiger partial charge in [0.15, 0.2) is 0 Å². The number of nitrogens with one attached hydrogen (secondary N) is 1. The summed E-state index contributed by atoms with van der Waals surface area (Å²) in [5, 5.41) is 21.3. The van der Waals surface area contributed by atoms with E-state index in [1.54, 1.807) is 4.90 Å². The standard InChI is InChI=1S/C8H10N6O/c9-4-1-5-14(6-2-3-6)8(15)7-10-12-13-11-7/h6H,1-3,5H2,(H,10,11,12,13). The van der Waals surface area contributed by atoms with Gasteiger partial charge in [0.2, 0.25) is 0 Å². The Kier molecular flexibility index (Phi) is 2.58. The van der Waals surface area contributed by atoms with Crippen molar-refractivity contribution < 1.29 is 4.79 Å². The van der Waals surface area contributed by atoms with Gasteiger partial charge in [-0.3, -0.25) is 4.79 Å². The second kappa shape index (κ2) is 4.04. The molecule has 1 aromatic heterocycles. The van der Waals surface area contributed by atoms with E-state index in [9.17, 15) is 4.79 Å². The molecule has 78 valence electrons. The van der Waals surface area contributed by atoms with Gasteiger partial charge in [0.05, 0.1) is 12.5 Å². The lowest BCUT2D eigenvalue weighted by Crippen LogP contribution is -2.34. The zero-order valence-electron chi connectivity index (χ0n) is 8.05. The number of aromatic amines is 1. The number of aromatic nitrogens is 4. The van der Waals surface area contributed by atoms with E-state index in [1.807, 2.05) is 6.07 Å². The van der Waals surface area contributed by atoms with Crippen LogP contribution in [0.5, 0.6) is 0 Å². The molecule has 0 atom stereocenters. The minimum atomic E-state index is -0.249. The number of nitrogens with zero attached hydrogens (tertiary/aromatic N) is 5. The number of carbonyl (C=O) groups is 1. The van der Waals surface area contributed by atoms with Gasteiger partial charge in [0.25, 0.3) is 11.7 Å². The Morgan fingerprint density at radius 3 is 3.00 bits per heavy atom. The number of tetrazole rings is 1. The van der Waals surface area contributed by atoms with Crippen molar-refractivity contribution >= 4 is 5.91 Å². The van der Waals surface area contributed by atoms with Crippen molar-refractivity contribution in [3.05, 3.63) is 5.82 Å². The van der Waals surface area contributed by atoms with E-state index in [-0.39, 0.29) is 17.8 Å². The summed E-state index contributed by atoms with van der Waals surface area (Å²) in [6.07, 6.45) is 2.32. The van der Waals surface area contributed by atoms with Crippen LogP contribution in [0.15, 0.2) is 0 Å². The smallest absolute Gasteiger partial charge is 0.295 e. The number of hydrogen-bond donors (Lipinski definition) is 1. The highest BCUT2D eigenvalue weighted by molar-refractivity contribution is 5.90. The molecule has 0 bridgehead atoms. The van der Waals surface area contributed by atoms with Crippen LogP contribution in [0.2, 0.25) is 0 Å². The van der Waals surface area contributed by atoms with Gasteiger partial charge >= 0.3 is 0 Å². The first-order valence-corrected chi connectivity index (χ1v) is 4.74. The number of hydrogen-bond acceptors (Lipinski definition) is 5. The molecular weight excluding hydrogens is 196 g/mol. The lowest BCUT2D eigenvalue weighted by molar-refractivity contribution is 0.0734. The molecule has 1 heterocycles. The quantitative estimate of drug-likeness (QED) is 0.730. The largest absolute Gasteiger partial charge is 0.332 e. The Labute approximate surface area is 86.1 Å². The molecule has 0 radical (unpaired) electrons. The van der Waals surface area contributed by atoms with E-state index in [0.29, 0.717) is 13.0 Å². The predicted molar refractivity (Wildman–Crippen MR) is 48.5 cm³/mol. The fraction of sp³-hybridized carbons (Fsp3) is 0.625. The molecule has 0 aliphatic heterocycles. The first-order chi connectivity index (χ1) is 7.33. The van der Waals surface area contributed by atoms with E-state index in [0.717, 1.165) is 12.8 Å². The van der Waals surface area contributed by atoms with Gasteiger partial charge in [-0.15, -0.1) is 10.2 Å². The van der Waals surface area contributed by atoms with Gasteiger partial charge in [0.1, 0.15) is 0 Å². The first kappa shape index (κ1) is 9.58. The van der Waals surface area contributed by atoms with Gasteiger partial charge < -0.3 is 4.90 Å². The van der Waals surface area contributed by atoms with Crippen molar-refractivity contribution in [1.82, 2.24) is 25.5 Å². The predicted octanol–water partition coefficient (Wildman–Crippen LogP) is -0.282. The third-order valence-electron chi connectivity index (χ3n) is 2.25. The Bertz CT molecular complexity index is 376. The zero-order valence-corrected chi connectivity index (χ0v) is 8.05. The van der Waals surface area contributed by atoms with Crippen LogP contribution in [0.3, 0.4) is 0 Å². The third-order valence-corrected chi connectivity index (χ3v) is 2.25. The maximum absolute atomic E-state index is 11.8. The second-order valence-corrected chi connectivity index (χ2v) is 3.37. The van der Waals surface area contributed by atoms with Crippen molar-refractivity contribution in [2.24, 2.45) is 0 Å². The maximum atomic E-state index is 11.8. The molecule has 1 amide bonds. The Morgan fingerprint density at radius 1 is 1.67 bits per heavy atom. The van der Waals surface area contributed by atoms with Crippen LogP contribution in [-0.2, 0) is 0 Å². The molecule has 0 saturated heterocycles. The van der Waals surface area contributed by atoms with Crippen LogP contribution in [0.25, 0.3) is 0 Å². The lowest BCUT2D eigenvalue weighted by Gasteiger charge is -2.18. The molecule has 1 N–H and O–H groups in total. The summed E-state index contributed by atoms with van der Waals surface area (Å²) in [6, 6.07) is 2.28. The monoisotopic (exact) mass is 206 g/mol. The number of H-pyrrole nitrogens is 1. The highest BCUT2D eigenvalue weighted by Gasteiger charge is 2.34. The fourth-order valence-corrected chi connectivity index (χ4v) is 1.39. The molecule has 1 aliphatic rings. The van der Waals surface area contributed by atoms with Gasteiger partial charge in [-0.1, -0.05) is 0 Å². The lowest BCUT2D eigenvalue weighted by atomic mass is 10.3. The van der Waals surface area contributed by atoms with Crippen molar-refractivity contribution in [2.45, 2.75) is 25.3 Å². The number of rotatable bonds is 4.